The van der Waals surface area contributed by atoms with Crippen LogP contribution in [0.25, 0.3) is 0 Å². The predicted octanol–water partition coefficient (Wildman–Crippen LogP) is 3.50. The lowest BCUT2D eigenvalue weighted by atomic mass is 9.75. The molecule has 1 spiro atoms. The lowest BCUT2D eigenvalue weighted by Gasteiger charge is -2.43. The first kappa shape index (κ1) is 13.4. The SMILES string of the molecule is CC(C)NCCC1CCOC2(CCCCC2)C1. The van der Waals surface area contributed by atoms with Crippen LogP contribution in [-0.2, 0) is 4.74 Å². The standard InChI is InChI=1S/C15H29NO/c1-13(2)16-10-6-14-7-11-17-15(12-14)8-4-3-5-9-15/h13-14,16H,3-12H2,1-2H3. The minimum atomic E-state index is 0.291. The van der Waals surface area contributed by atoms with E-state index >= 15 is 0 Å². The molecular weight excluding hydrogens is 210 g/mol. The van der Waals surface area contributed by atoms with Crippen LogP contribution in [-0.4, -0.2) is 24.8 Å². The van der Waals surface area contributed by atoms with E-state index in [0.29, 0.717) is 11.6 Å². The van der Waals surface area contributed by atoms with Gasteiger partial charge in [-0.2, -0.15) is 0 Å². The zero-order chi connectivity index (χ0) is 12.1. The zero-order valence-electron chi connectivity index (χ0n) is 11.6. The van der Waals surface area contributed by atoms with E-state index in [-0.39, 0.29) is 0 Å². The second-order valence-corrected chi connectivity index (χ2v) is 6.35. The molecule has 0 aromatic heterocycles. The minimum absolute atomic E-state index is 0.291. The van der Waals surface area contributed by atoms with Crippen molar-refractivity contribution in [2.45, 2.75) is 76.9 Å². The maximum atomic E-state index is 6.14. The third-order valence-corrected chi connectivity index (χ3v) is 4.46. The van der Waals surface area contributed by atoms with Crippen LogP contribution in [0.5, 0.6) is 0 Å². The summed E-state index contributed by atoms with van der Waals surface area (Å²) in [6.45, 7) is 6.64. The van der Waals surface area contributed by atoms with E-state index < -0.39 is 0 Å². The Balaban J connectivity index is 1.76. The van der Waals surface area contributed by atoms with Crippen LogP contribution in [0, 0.1) is 5.92 Å². The molecule has 2 aliphatic rings. The molecule has 1 heterocycles. The molecule has 2 nitrogen and oxygen atoms in total. The molecule has 1 atom stereocenters. The second-order valence-electron chi connectivity index (χ2n) is 6.35. The molecule has 100 valence electrons. The third-order valence-electron chi connectivity index (χ3n) is 4.46. The molecule has 17 heavy (non-hydrogen) atoms. The van der Waals surface area contributed by atoms with E-state index in [1.807, 2.05) is 0 Å². The fourth-order valence-corrected chi connectivity index (χ4v) is 3.50. The number of ether oxygens (including phenoxy) is 1. The first-order chi connectivity index (χ1) is 8.20. The summed E-state index contributed by atoms with van der Waals surface area (Å²) in [6.07, 6.45) is 10.8. The van der Waals surface area contributed by atoms with Crippen LogP contribution >= 0.6 is 0 Å². The maximum Gasteiger partial charge on any atom is 0.0685 e. The van der Waals surface area contributed by atoms with Gasteiger partial charge >= 0.3 is 0 Å². The molecule has 0 bridgehead atoms. The van der Waals surface area contributed by atoms with E-state index in [1.165, 1.54) is 57.9 Å². The van der Waals surface area contributed by atoms with Crippen LogP contribution in [0.4, 0.5) is 0 Å². The summed E-state index contributed by atoms with van der Waals surface area (Å²) in [5.74, 6) is 0.896. The lowest BCUT2D eigenvalue weighted by Crippen LogP contribution is -2.42. The number of hydrogen-bond donors (Lipinski definition) is 1. The first-order valence-corrected chi connectivity index (χ1v) is 7.58. The van der Waals surface area contributed by atoms with E-state index in [1.54, 1.807) is 0 Å². The van der Waals surface area contributed by atoms with Gasteiger partial charge in [0.15, 0.2) is 0 Å². The Bertz CT molecular complexity index is 215. The summed E-state index contributed by atoms with van der Waals surface area (Å²) in [5.41, 5.74) is 0.291. The molecule has 2 fully saturated rings. The van der Waals surface area contributed by atoms with Crippen molar-refractivity contribution in [3.05, 3.63) is 0 Å². The zero-order valence-corrected chi connectivity index (χ0v) is 11.6. The van der Waals surface area contributed by atoms with Gasteiger partial charge in [0.1, 0.15) is 0 Å². The Kier molecular flexibility index (Phi) is 4.87. The average molecular weight is 239 g/mol. The topological polar surface area (TPSA) is 21.3 Å². The summed E-state index contributed by atoms with van der Waals surface area (Å²) >= 11 is 0. The van der Waals surface area contributed by atoms with Crippen molar-refractivity contribution in [2.24, 2.45) is 5.92 Å². The van der Waals surface area contributed by atoms with Crippen molar-refractivity contribution in [1.82, 2.24) is 5.32 Å². The minimum Gasteiger partial charge on any atom is -0.375 e. The summed E-state index contributed by atoms with van der Waals surface area (Å²) in [5, 5.41) is 3.54. The van der Waals surface area contributed by atoms with Crippen molar-refractivity contribution in [1.29, 1.82) is 0 Å². The van der Waals surface area contributed by atoms with Gasteiger partial charge < -0.3 is 10.1 Å². The van der Waals surface area contributed by atoms with Crippen LogP contribution < -0.4 is 5.32 Å². The molecule has 1 aliphatic heterocycles. The molecule has 0 aromatic rings. The summed E-state index contributed by atoms with van der Waals surface area (Å²) in [4.78, 5) is 0. The van der Waals surface area contributed by atoms with Crippen LogP contribution in [0.1, 0.15) is 65.2 Å². The molecule has 0 amide bonds. The number of hydrogen-bond acceptors (Lipinski definition) is 2. The van der Waals surface area contributed by atoms with Gasteiger partial charge in [-0.3, -0.25) is 0 Å². The average Bonchev–Trinajstić information content (AvgIpc) is 2.29. The van der Waals surface area contributed by atoms with Gasteiger partial charge in [0.25, 0.3) is 0 Å². The molecule has 2 rings (SSSR count). The molecule has 1 aliphatic carbocycles. The highest BCUT2D eigenvalue weighted by Gasteiger charge is 2.37. The van der Waals surface area contributed by atoms with Gasteiger partial charge in [-0.15, -0.1) is 0 Å². The molecule has 1 N–H and O–H groups in total. The summed E-state index contributed by atoms with van der Waals surface area (Å²) in [7, 11) is 0. The largest absolute Gasteiger partial charge is 0.375 e. The van der Waals surface area contributed by atoms with Crippen LogP contribution in [0.3, 0.4) is 0 Å². The van der Waals surface area contributed by atoms with Gasteiger partial charge in [0.05, 0.1) is 5.60 Å². The monoisotopic (exact) mass is 239 g/mol. The Morgan fingerprint density at radius 1 is 1.24 bits per heavy atom. The van der Waals surface area contributed by atoms with E-state index in [2.05, 4.69) is 19.2 Å². The molecule has 1 saturated heterocycles. The fourth-order valence-electron chi connectivity index (χ4n) is 3.50. The summed E-state index contributed by atoms with van der Waals surface area (Å²) < 4.78 is 6.14. The lowest BCUT2D eigenvalue weighted by molar-refractivity contribution is -0.118. The third kappa shape index (κ3) is 3.96. The van der Waals surface area contributed by atoms with Crippen LogP contribution in [0.2, 0.25) is 0 Å². The molecule has 2 heteroatoms. The van der Waals surface area contributed by atoms with E-state index in [9.17, 15) is 0 Å². The molecule has 0 radical (unpaired) electrons. The predicted molar refractivity (Wildman–Crippen MR) is 72.2 cm³/mol. The number of rotatable bonds is 4. The highest BCUT2D eigenvalue weighted by Crippen LogP contribution is 2.41. The smallest absolute Gasteiger partial charge is 0.0685 e. The van der Waals surface area contributed by atoms with Gasteiger partial charge in [0, 0.05) is 12.6 Å². The maximum absolute atomic E-state index is 6.14. The second kappa shape index (κ2) is 6.19. The quantitative estimate of drug-likeness (QED) is 0.810. The number of nitrogens with one attached hydrogen (secondary N) is 1. The Hall–Kier alpha value is -0.0800. The molecule has 1 saturated carbocycles. The Morgan fingerprint density at radius 2 is 2.00 bits per heavy atom. The molecule has 1 unspecified atom stereocenters. The van der Waals surface area contributed by atoms with Gasteiger partial charge in [-0.05, 0) is 44.6 Å². The molecule has 0 aromatic carbocycles. The van der Waals surface area contributed by atoms with Gasteiger partial charge in [-0.25, -0.2) is 0 Å². The van der Waals surface area contributed by atoms with Crippen molar-refractivity contribution in [3.63, 3.8) is 0 Å². The fraction of sp³-hybridized carbons (Fsp3) is 1.00. The van der Waals surface area contributed by atoms with Crippen molar-refractivity contribution >= 4 is 0 Å². The van der Waals surface area contributed by atoms with E-state index in [4.69, 9.17) is 4.74 Å². The Labute approximate surface area is 107 Å². The van der Waals surface area contributed by atoms with E-state index in [0.717, 1.165) is 12.5 Å². The highest BCUT2D eigenvalue weighted by atomic mass is 16.5. The Morgan fingerprint density at radius 3 is 2.71 bits per heavy atom. The van der Waals surface area contributed by atoms with Gasteiger partial charge in [-0.1, -0.05) is 33.1 Å². The van der Waals surface area contributed by atoms with Gasteiger partial charge in [0.2, 0.25) is 0 Å². The highest BCUT2D eigenvalue weighted by molar-refractivity contribution is 4.89. The van der Waals surface area contributed by atoms with Crippen molar-refractivity contribution in [3.8, 4) is 0 Å². The molecular formula is C15H29NO. The normalized spacial score (nSPS) is 28.8. The summed E-state index contributed by atoms with van der Waals surface area (Å²) in [6, 6.07) is 0.624. The first-order valence-electron chi connectivity index (χ1n) is 7.58. The van der Waals surface area contributed by atoms with Crippen molar-refractivity contribution in [2.75, 3.05) is 13.2 Å². The van der Waals surface area contributed by atoms with Crippen molar-refractivity contribution < 1.29 is 4.74 Å². The van der Waals surface area contributed by atoms with Crippen LogP contribution in [0.15, 0.2) is 0 Å².